The lowest BCUT2D eigenvalue weighted by Crippen LogP contribution is -2.23. The minimum absolute atomic E-state index is 0.258. The molecule has 1 saturated carbocycles. The van der Waals surface area contributed by atoms with Crippen molar-refractivity contribution in [2.24, 2.45) is 12.5 Å². The summed E-state index contributed by atoms with van der Waals surface area (Å²) in [6.07, 6.45) is 0.614. The summed E-state index contributed by atoms with van der Waals surface area (Å²) in [5, 5.41) is 9.37. The Balaban J connectivity index is 1.08. The molecule has 5 nitrogen and oxygen atoms in total. The highest BCUT2D eigenvalue weighted by Gasteiger charge is 2.57. The van der Waals surface area contributed by atoms with Crippen molar-refractivity contribution >= 4 is 11.8 Å². The molecule has 2 atom stereocenters. The lowest BCUT2D eigenvalue weighted by Gasteiger charge is -2.16. The number of furan rings is 1. The van der Waals surface area contributed by atoms with E-state index in [1.165, 1.54) is 12.1 Å². The molecule has 1 spiro atoms. The molecule has 0 unspecified atom stereocenters. The maximum absolute atomic E-state index is 12.8. The SMILES string of the molecule is Cn1c(SCCCN2CC[C@]3(C[C@@H]3c3ccc(C(F)(F)F)cc3)C2)nnc1-c1ccco1. The number of rotatable bonds is 7. The second-order valence-electron chi connectivity index (χ2n) is 8.81. The molecule has 32 heavy (non-hydrogen) atoms. The first-order valence-corrected chi connectivity index (χ1v) is 11.8. The second-order valence-corrected chi connectivity index (χ2v) is 9.87. The Hall–Kier alpha value is -2.26. The fourth-order valence-electron chi connectivity index (χ4n) is 4.86. The fourth-order valence-corrected chi connectivity index (χ4v) is 5.70. The Morgan fingerprint density at radius 2 is 2.00 bits per heavy atom. The van der Waals surface area contributed by atoms with E-state index in [1.807, 2.05) is 23.7 Å². The van der Waals surface area contributed by atoms with Crippen LogP contribution in [0, 0.1) is 5.41 Å². The number of thioether (sulfide) groups is 1. The van der Waals surface area contributed by atoms with Gasteiger partial charge in [-0.05, 0) is 73.5 Å². The molecule has 2 aromatic heterocycles. The number of benzene rings is 1. The van der Waals surface area contributed by atoms with Crippen LogP contribution in [0.5, 0.6) is 0 Å². The zero-order chi connectivity index (χ0) is 22.3. The topological polar surface area (TPSA) is 47.1 Å². The Kier molecular flexibility index (Phi) is 5.57. The van der Waals surface area contributed by atoms with Crippen molar-refractivity contribution in [2.75, 3.05) is 25.4 Å². The lowest BCUT2D eigenvalue weighted by atomic mass is 9.97. The molecular formula is C23H25F3N4OS. The number of aromatic nitrogens is 3. The van der Waals surface area contributed by atoms with Gasteiger partial charge < -0.3 is 13.9 Å². The van der Waals surface area contributed by atoms with Gasteiger partial charge in [0.15, 0.2) is 16.7 Å². The predicted molar refractivity (Wildman–Crippen MR) is 116 cm³/mol. The number of likely N-dealkylation sites (tertiary alicyclic amines) is 1. The van der Waals surface area contributed by atoms with Crippen LogP contribution < -0.4 is 0 Å². The van der Waals surface area contributed by atoms with Gasteiger partial charge in [0.1, 0.15) is 0 Å². The van der Waals surface area contributed by atoms with Crippen LogP contribution in [0.3, 0.4) is 0 Å². The summed E-state index contributed by atoms with van der Waals surface area (Å²) in [5.41, 5.74) is 0.736. The predicted octanol–water partition coefficient (Wildman–Crippen LogP) is 5.46. The number of nitrogens with zero attached hydrogens (tertiary/aromatic N) is 4. The van der Waals surface area contributed by atoms with Gasteiger partial charge in [0.05, 0.1) is 11.8 Å². The van der Waals surface area contributed by atoms with Crippen LogP contribution in [0.4, 0.5) is 13.2 Å². The molecule has 5 rings (SSSR count). The summed E-state index contributed by atoms with van der Waals surface area (Å²) < 4.78 is 45.8. The molecule has 0 N–H and O–H groups in total. The maximum atomic E-state index is 12.8. The zero-order valence-electron chi connectivity index (χ0n) is 17.8. The second kappa shape index (κ2) is 8.26. The summed E-state index contributed by atoms with van der Waals surface area (Å²) in [4.78, 5) is 2.50. The van der Waals surface area contributed by atoms with Gasteiger partial charge in [-0.25, -0.2) is 0 Å². The van der Waals surface area contributed by atoms with E-state index in [1.54, 1.807) is 30.2 Å². The van der Waals surface area contributed by atoms with E-state index >= 15 is 0 Å². The normalized spacial score (nSPS) is 23.3. The highest BCUT2D eigenvalue weighted by atomic mass is 32.2. The van der Waals surface area contributed by atoms with Crippen LogP contribution in [0.2, 0.25) is 0 Å². The molecule has 0 amide bonds. The molecule has 3 aromatic rings. The van der Waals surface area contributed by atoms with Crippen LogP contribution in [0.25, 0.3) is 11.6 Å². The summed E-state index contributed by atoms with van der Waals surface area (Å²) in [6, 6.07) is 9.47. The average Bonchev–Trinajstić information content (AvgIpc) is 3.16. The number of hydrogen-bond donors (Lipinski definition) is 0. The Labute approximate surface area is 189 Å². The van der Waals surface area contributed by atoms with Crippen molar-refractivity contribution in [1.82, 2.24) is 19.7 Å². The third kappa shape index (κ3) is 4.20. The van der Waals surface area contributed by atoms with Crippen LogP contribution in [-0.4, -0.2) is 45.1 Å². The Bertz CT molecular complexity index is 1060. The van der Waals surface area contributed by atoms with E-state index in [0.717, 1.165) is 61.2 Å². The molecule has 170 valence electrons. The van der Waals surface area contributed by atoms with Crippen molar-refractivity contribution in [3.8, 4) is 11.6 Å². The molecule has 1 saturated heterocycles. The summed E-state index contributed by atoms with van der Waals surface area (Å²) in [5.74, 6) is 2.78. The quantitative estimate of drug-likeness (QED) is 0.345. The van der Waals surface area contributed by atoms with Crippen molar-refractivity contribution in [2.45, 2.75) is 36.5 Å². The van der Waals surface area contributed by atoms with Gasteiger partial charge in [-0.1, -0.05) is 23.9 Å². The van der Waals surface area contributed by atoms with Gasteiger partial charge in [-0.3, -0.25) is 0 Å². The Morgan fingerprint density at radius 3 is 2.72 bits per heavy atom. The highest BCUT2D eigenvalue weighted by Crippen LogP contribution is 2.64. The van der Waals surface area contributed by atoms with E-state index in [0.29, 0.717) is 11.7 Å². The molecular weight excluding hydrogens is 437 g/mol. The standard InChI is InChI=1S/C23H25F3N4OS/c1-29-20(19-4-2-12-31-19)27-28-21(29)32-13-3-10-30-11-9-22(15-30)14-18(22)16-5-7-17(8-6-16)23(24,25)26/h2,4-8,12,18H,3,9-11,13-15H2,1H3/t18-,22+/m1/s1. The highest BCUT2D eigenvalue weighted by molar-refractivity contribution is 7.99. The molecule has 1 aliphatic heterocycles. The van der Waals surface area contributed by atoms with Gasteiger partial charge in [-0.2, -0.15) is 13.2 Å². The number of hydrogen-bond acceptors (Lipinski definition) is 5. The minimum atomic E-state index is -4.27. The number of alkyl halides is 3. The largest absolute Gasteiger partial charge is 0.461 e. The van der Waals surface area contributed by atoms with Crippen LogP contribution in [0.1, 0.15) is 36.3 Å². The van der Waals surface area contributed by atoms with Gasteiger partial charge >= 0.3 is 6.18 Å². The molecule has 0 bridgehead atoms. The fraction of sp³-hybridized carbons (Fsp3) is 0.478. The number of halogens is 3. The summed E-state index contributed by atoms with van der Waals surface area (Å²) in [7, 11) is 1.94. The maximum Gasteiger partial charge on any atom is 0.416 e. The first-order valence-electron chi connectivity index (χ1n) is 10.8. The van der Waals surface area contributed by atoms with Gasteiger partial charge in [0, 0.05) is 19.3 Å². The van der Waals surface area contributed by atoms with Gasteiger partial charge in [0.25, 0.3) is 0 Å². The molecule has 2 aliphatic rings. The van der Waals surface area contributed by atoms with Gasteiger partial charge in [0.2, 0.25) is 0 Å². The van der Waals surface area contributed by atoms with E-state index in [9.17, 15) is 13.2 Å². The van der Waals surface area contributed by atoms with Crippen molar-refractivity contribution < 1.29 is 17.6 Å². The average molecular weight is 463 g/mol. The molecule has 1 aliphatic carbocycles. The Morgan fingerprint density at radius 1 is 1.19 bits per heavy atom. The molecule has 2 fully saturated rings. The summed E-state index contributed by atoms with van der Waals surface area (Å²) >= 11 is 1.69. The zero-order valence-corrected chi connectivity index (χ0v) is 18.6. The molecule has 1 aromatic carbocycles. The lowest BCUT2D eigenvalue weighted by molar-refractivity contribution is -0.137. The van der Waals surface area contributed by atoms with Crippen LogP contribution >= 0.6 is 11.8 Å². The third-order valence-electron chi connectivity index (χ3n) is 6.72. The monoisotopic (exact) mass is 462 g/mol. The van der Waals surface area contributed by atoms with Crippen molar-refractivity contribution in [1.29, 1.82) is 0 Å². The van der Waals surface area contributed by atoms with Gasteiger partial charge in [-0.15, -0.1) is 10.2 Å². The van der Waals surface area contributed by atoms with E-state index in [-0.39, 0.29) is 5.41 Å². The van der Waals surface area contributed by atoms with E-state index < -0.39 is 11.7 Å². The van der Waals surface area contributed by atoms with Crippen LogP contribution in [-0.2, 0) is 13.2 Å². The molecule has 3 heterocycles. The molecule has 0 radical (unpaired) electrons. The first-order chi connectivity index (χ1) is 15.4. The minimum Gasteiger partial charge on any atom is -0.461 e. The van der Waals surface area contributed by atoms with Crippen LogP contribution in [0.15, 0.2) is 52.2 Å². The summed E-state index contributed by atoms with van der Waals surface area (Å²) in [6.45, 7) is 3.13. The van der Waals surface area contributed by atoms with Crippen molar-refractivity contribution in [3.05, 3.63) is 53.8 Å². The third-order valence-corrected chi connectivity index (χ3v) is 7.83. The van der Waals surface area contributed by atoms with Crippen molar-refractivity contribution in [3.63, 3.8) is 0 Å². The van der Waals surface area contributed by atoms with E-state index in [2.05, 4.69) is 15.1 Å². The molecule has 9 heteroatoms. The van der Waals surface area contributed by atoms with E-state index in [4.69, 9.17) is 4.42 Å². The first kappa shape index (κ1) is 21.6. The smallest absolute Gasteiger partial charge is 0.416 e.